The molecule has 0 aliphatic rings. The van der Waals surface area contributed by atoms with Gasteiger partial charge in [0.25, 0.3) is 0 Å². The largest absolute Gasteiger partial charge is 0.353 e. The fraction of sp³-hybridized carbons (Fsp3) is 0.560. The summed E-state index contributed by atoms with van der Waals surface area (Å²) in [6, 6.07) is 4.35. The molecule has 0 aromatic carbocycles. The minimum atomic E-state index is 0.157. The zero-order chi connectivity index (χ0) is 21.5. The highest BCUT2D eigenvalue weighted by atomic mass is 32.2. The van der Waals surface area contributed by atoms with E-state index in [0.717, 1.165) is 37.2 Å². The molecule has 0 bridgehead atoms. The number of thiophene rings is 1. The number of amides is 1. The molecule has 162 valence electrons. The monoisotopic (exact) mass is 433 g/mol. The number of hydrogen-bond donors (Lipinski definition) is 1. The van der Waals surface area contributed by atoms with Crippen molar-refractivity contribution in [2.75, 3.05) is 11.5 Å². The molecule has 4 heteroatoms. The molecule has 1 heterocycles. The Morgan fingerprint density at radius 1 is 1.07 bits per heavy atom. The number of rotatable bonds is 14. The van der Waals surface area contributed by atoms with Gasteiger partial charge in [0.05, 0.1) is 0 Å². The van der Waals surface area contributed by atoms with E-state index in [9.17, 15) is 4.79 Å². The first-order chi connectivity index (χ1) is 13.9. The molecule has 1 N–H and O–H groups in total. The van der Waals surface area contributed by atoms with Crippen LogP contribution in [0.4, 0.5) is 0 Å². The average molecular weight is 434 g/mol. The molecular formula is C25H39NOS2. The van der Waals surface area contributed by atoms with Crippen molar-refractivity contribution < 1.29 is 4.79 Å². The predicted molar refractivity (Wildman–Crippen MR) is 133 cm³/mol. The van der Waals surface area contributed by atoms with Crippen LogP contribution >= 0.6 is 23.1 Å². The van der Waals surface area contributed by atoms with Gasteiger partial charge in [0.2, 0.25) is 5.91 Å². The van der Waals surface area contributed by atoms with Gasteiger partial charge in [-0.3, -0.25) is 4.79 Å². The Bertz CT molecular complexity index is 667. The second-order valence-electron chi connectivity index (χ2n) is 8.05. The SMILES string of the molecule is CC(C)=CCC/C(C)=C/CC/C(C)=C/CSCC(C)NC(=O)CCc1cccs1. The highest BCUT2D eigenvalue weighted by Gasteiger charge is 2.07. The van der Waals surface area contributed by atoms with E-state index in [4.69, 9.17) is 0 Å². The number of allylic oxidation sites excluding steroid dienone is 5. The molecule has 0 radical (unpaired) electrons. The zero-order valence-corrected chi connectivity index (χ0v) is 20.6. The average Bonchev–Trinajstić information content (AvgIpc) is 3.17. The van der Waals surface area contributed by atoms with Crippen molar-refractivity contribution in [3.63, 3.8) is 0 Å². The van der Waals surface area contributed by atoms with Gasteiger partial charge in [-0.1, -0.05) is 41.0 Å². The summed E-state index contributed by atoms with van der Waals surface area (Å²) in [6.45, 7) is 10.9. The maximum atomic E-state index is 12.0. The summed E-state index contributed by atoms with van der Waals surface area (Å²) in [4.78, 5) is 13.3. The molecule has 1 unspecified atom stereocenters. The van der Waals surface area contributed by atoms with Crippen molar-refractivity contribution in [1.29, 1.82) is 0 Å². The minimum absolute atomic E-state index is 0.157. The summed E-state index contributed by atoms with van der Waals surface area (Å²) < 4.78 is 0. The Labute approximate surface area is 187 Å². The minimum Gasteiger partial charge on any atom is -0.353 e. The number of thioether (sulfide) groups is 1. The third-order valence-corrected chi connectivity index (χ3v) is 6.70. The number of carbonyl (C=O) groups is 1. The van der Waals surface area contributed by atoms with Gasteiger partial charge in [0.1, 0.15) is 0 Å². The Kier molecular flexibility index (Phi) is 13.8. The topological polar surface area (TPSA) is 29.1 Å². The van der Waals surface area contributed by atoms with Gasteiger partial charge in [-0.15, -0.1) is 11.3 Å². The molecule has 1 amide bonds. The quantitative estimate of drug-likeness (QED) is 0.246. The van der Waals surface area contributed by atoms with E-state index < -0.39 is 0 Å². The van der Waals surface area contributed by atoms with Crippen molar-refractivity contribution in [3.8, 4) is 0 Å². The van der Waals surface area contributed by atoms with E-state index in [2.05, 4.69) is 69.6 Å². The smallest absolute Gasteiger partial charge is 0.220 e. The first kappa shape index (κ1) is 25.8. The van der Waals surface area contributed by atoms with Gasteiger partial charge < -0.3 is 5.32 Å². The van der Waals surface area contributed by atoms with Gasteiger partial charge in [-0.2, -0.15) is 11.8 Å². The Balaban J connectivity index is 2.12. The molecule has 0 aliphatic heterocycles. The van der Waals surface area contributed by atoms with Crippen molar-refractivity contribution in [3.05, 3.63) is 57.3 Å². The van der Waals surface area contributed by atoms with Gasteiger partial charge in [-0.05, 0) is 78.2 Å². The van der Waals surface area contributed by atoms with E-state index >= 15 is 0 Å². The lowest BCUT2D eigenvalue weighted by Gasteiger charge is -2.13. The van der Waals surface area contributed by atoms with E-state index in [-0.39, 0.29) is 11.9 Å². The normalized spacial score (nSPS) is 13.3. The summed E-state index contributed by atoms with van der Waals surface area (Å²) in [5, 5.41) is 5.17. The van der Waals surface area contributed by atoms with E-state index in [1.807, 2.05) is 17.8 Å². The van der Waals surface area contributed by atoms with Crippen LogP contribution in [-0.2, 0) is 11.2 Å². The van der Waals surface area contributed by atoms with Crippen LogP contribution in [0.15, 0.2) is 52.5 Å². The first-order valence-electron chi connectivity index (χ1n) is 10.7. The van der Waals surface area contributed by atoms with Gasteiger partial charge >= 0.3 is 0 Å². The molecule has 2 nitrogen and oxygen atoms in total. The zero-order valence-electron chi connectivity index (χ0n) is 18.9. The fourth-order valence-electron chi connectivity index (χ4n) is 2.87. The Hall–Kier alpha value is -1.26. The van der Waals surface area contributed by atoms with Crippen LogP contribution in [0.1, 0.15) is 71.6 Å². The maximum absolute atomic E-state index is 12.0. The van der Waals surface area contributed by atoms with Crippen LogP contribution in [0.25, 0.3) is 0 Å². The van der Waals surface area contributed by atoms with Crippen molar-refractivity contribution >= 4 is 29.0 Å². The first-order valence-corrected chi connectivity index (χ1v) is 12.7. The molecule has 29 heavy (non-hydrogen) atoms. The molecule has 1 aromatic rings. The molecule has 0 aliphatic carbocycles. The molecule has 1 rings (SSSR count). The van der Waals surface area contributed by atoms with Gasteiger partial charge in [0, 0.05) is 28.8 Å². The highest BCUT2D eigenvalue weighted by Crippen LogP contribution is 2.13. The number of carbonyl (C=O) groups excluding carboxylic acids is 1. The van der Waals surface area contributed by atoms with Crippen LogP contribution in [0.2, 0.25) is 0 Å². The lowest BCUT2D eigenvalue weighted by Crippen LogP contribution is -2.34. The van der Waals surface area contributed by atoms with Crippen molar-refractivity contribution in [2.24, 2.45) is 0 Å². The molecule has 1 aromatic heterocycles. The van der Waals surface area contributed by atoms with Crippen molar-refractivity contribution in [2.45, 2.75) is 79.2 Å². The molecule has 0 spiro atoms. The Morgan fingerprint density at radius 2 is 1.76 bits per heavy atom. The maximum Gasteiger partial charge on any atom is 0.220 e. The second-order valence-corrected chi connectivity index (χ2v) is 10.2. The third kappa shape index (κ3) is 14.4. The standard InChI is InChI=1S/C25H39NOS2/c1-20(2)9-6-10-21(3)11-7-12-22(4)16-18-28-19-23(5)26-25(27)15-14-24-13-8-17-29-24/h8-9,11,13,16-17,23H,6-7,10,12,14-15,18-19H2,1-5H3,(H,26,27)/b21-11+,22-16+. The summed E-state index contributed by atoms with van der Waals surface area (Å²) in [7, 11) is 0. The predicted octanol–water partition coefficient (Wildman–Crippen LogP) is 7.34. The lowest BCUT2D eigenvalue weighted by atomic mass is 10.1. The van der Waals surface area contributed by atoms with Crippen LogP contribution in [0.3, 0.4) is 0 Å². The summed E-state index contributed by atoms with van der Waals surface area (Å²) in [5.41, 5.74) is 4.35. The molecule has 0 fully saturated rings. The highest BCUT2D eigenvalue weighted by molar-refractivity contribution is 7.99. The molecule has 0 saturated heterocycles. The van der Waals surface area contributed by atoms with Gasteiger partial charge in [-0.25, -0.2) is 0 Å². The number of aryl methyl sites for hydroxylation is 1. The van der Waals surface area contributed by atoms with Gasteiger partial charge in [0.15, 0.2) is 0 Å². The summed E-state index contributed by atoms with van der Waals surface area (Å²) in [6.07, 6.45) is 13.0. The number of hydrogen-bond acceptors (Lipinski definition) is 3. The lowest BCUT2D eigenvalue weighted by molar-refractivity contribution is -0.121. The van der Waals surface area contributed by atoms with E-state index in [1.54, 1.807) is 11.3 Å². The number of nitrogens with one attached hydrogen (secondary N) is 1. The van der Waals surface area contributed by atoms with Crippen LogP contribution < -0.4 is 5.32 Å². The van der Waals surface area contributed by atoms with Crippen LogP contribution in [-0.4, -0.2) is 23.5 Å². The van der Waals surface area contributed by atoms with Crippen molar-refractivity contribution in [1.82, 2.24) is 5.32 Å². The van der Waals surface area contributed by atoms with Crippen LogP contribution in [0, 0.1) is 0 Å². The third-order valence-electron chi connectivity index (χ3n) is 4.63. The van der Waals surface area contributed by atoms with E-state index in [1.165, 1.54) is 28.0 Å². The summed E-state index contributed by atoms with van der Waals surface area (Å²) >= 11 is 3.61. The summed E-state index contributed by atoms with van der Waals surface area (Å²) in [5.74, 6) is 2.13. The second kappa shape index (κ2) is 15.6. The molecule has 0 saturated carbocycles. The fourth-order valence-corrected chi connectivity index (χ4v) is 4.55. The van der Waals surface area contributed by atoms with E-state index in [0.29, 0.717) is 6.42 Å². The van der Waals surface area contributed by atoms with Crippen LogP contribution in [0.5, 0.6) is 0 Å². The molecule has 1 atom stereocenters. The molecular weight excluding hydrogens is 394 g/mol. The Morgan fingerprint density at radius 3 is 2.41 bits per heavy atom.